The molecule has 0 aliphatic rings. The Bertz CT molecular complexity index is 3410. The summed E-state index contributed by atoms with van der Waals surface area (Å²) in [6.07, 6.45) is 0. The van der Waals surface area contributed by atoms with E-state index in [0.717, 1.165) is 16.7 Å². The Kier molecular flexibility index (Phi) is 7.24. The molecule has 0 bridgehead atoms. The summed E-state index contributed by atoms with van der Waals surface area (Å²) in [5.74, 6) is 2.00. The average Bonchev–Trinajstić information content (AvgIpc) is 3.95. The first-order chi connectivity index (χ1) is 28.2. The summed E-state index contributed by atoms with van der Waals surface area (Å²) in [5.41, 5.74) is 8.99. The number of para-hydroxylation sites is 2. The number of aromatic nitrogens is 4. The lowest BCUT2D eigenvalue weighted by atomic mass is 10.0. The molecule has 0 fully saturated rings. The van der Waals surface area contributed by atoms with Crippen LogP contribution in [-0.4, -0.2) is 19.5 Å². The summed E-state index contributed by atoms with van der Waals surface area (Å²) >= 11 is 3.68. The predicted molar refractivity (Wildman–Crippen MR) is 242 cm³/mol. The van der Waals surface area contributed by atoms with Crippen LogP contribution in [0.2, 0.25) is 0 Å². The van der Waals surface area contributed by atoms with Crippen LogP contribution in [0, 0.1) is 0 Å². The Hall–Kier alpha value is -6.99. The summed E-state index contributed by atoms with van der Waals surface area (Å²) in [7, 11) is 0. The minimum absolute atomic E-state index is 0.666. The van der Waals surface area contributed by atoms with Crippen LogP contribution in [0.3, 0.4) is 0 Å². The predicted octanol–water partition coefficient (Wildman–Crippen LogP) is 14.4. The normalized spacial score (nSPS) is 11.9. The maximum absolute atomic E-state index is 4.98. The molecule has 0 amide bonds. The second-order valence-corrected chi connectivity index (χ2v) is 16.6. The van der Waals surface area contributed by atoms with E-state index >= 15 is 0 Å². The Morgan fingerprint density at radius 3 is 1.40 bits per heavy atom. The molecule has 0 N–H and O–H groups in total. The van der Waals surface area contributed by atoms with Crippen molar-refractivity contribution >= 4 is 84.8 Å². The summed E-state index contributed by atoms with van der Waals surface area (Å²) in [5, 5.41) is 7.65. The van der Waals surface area contributed by atoms with Crippen molar-refractivity contribution in [3.63, 3.8) is 0 Å². The highest BCUT2D eigenvalue weighted by Crippen LogP contribution is 2.42. The van der Waals surface area contributed by atoms with Gasteiger partial charge in [0.15, 0.2) is 17.5 Å². The molecule has 266 valence electrons. The van der Waals surface area contributed by atoms with Crippen LogP contribution in [0.5, 0.6) is 0 Å². The number of thiophene rings is 2. The van der Waals surface area contributed by atoms with E-state index in [1.165, 1.54) is 79.0 Å². The van der Waals surface area contributed by atoms with E-state index in [1.54, 1.807) is 0 Å². The lowest BCUT2D eigenvalue weighted by molar-refractivity contribution is 1.07. The number of benzene rings is 8. The van der Waals surface area contributed by atoms with Crippen molar-refractivity contribution in [3.8, 4) is 51.0 Å². The van der Waals surface area contributed by atoms with E-state index in [-0.39, 0.29) is 0 Å². The van der Waals surface area contributed by atoms with E-state index in [9.17, 15) is 0 Å². The zero-order valence-corrected chi connectivity index (χ0v) is 32.1. The quantitative estimate of drug-likeness (QED) is 0.175. The number of rotatable bonds is 5. The average molecular weight is 763 g/mol. The van der Waals surface area contributed by atoms with Crippen molar-refractivity contribution in [2.75, 3.05) is 0 Å². The Morgan fingerprint density at radius 2 is 0.754 bits per heavy atom. The first kappa shape index (κ1) is 32.3. The monoisotopic (exact) mass is 762 g/mol. The fourth-order valence-corrected chi connectivity index (χ4v) is 10.6. The third kappa shape index (κ3) is 5.30. The fourth-order valence-electron chi connectivity index (χ4n) is 8.32. The molecule has 0 radical (unpaired) electrons. The second kappa shape index (κ2) is 12.8. The third-order valence-electron chi connectivity index (χ3n) is 11.1. The standard InChI is InChI=1S/C51H30N4S2/c1-3-11-31(12-4-1)49-52-50(32-13-5-2-6-14-32)54-51(53-49)35-20-24-40-39-23-19-34(28-46(39)57-47(40)29-35)33-21-26-45-42(27-33)41-25-22-36(30-48(41)56-45)55-43-17-9-7-15-37(43)38-16-8-10-18-44(38)55/h1-30H. The van der Waals surface area contributed by atoms with Crippen LogP contribution >= 0.6 is 22.7 Å². The summed E-state index contributed by atoms with van der Waals surface area (Å²) in [6, 6.07) is 65.0. The molecule has 4 nitrogen and oxygen atoms in total. The van der Waals surface area contributed by atoms with Crippen LogP contribution in [0.4, 0.5) is 0 Å². The molecule has 0 saturated heterocycles. The zero-order valence-electron chi connectivity index (χ0n) is 30.4. The summed E-state index contributed by atoms with van der Waals surface area (Å²) in [4.78, 5) is 14.8. The van der Waals surface area contributed by atoms with Gasteiger partial charge in [-0.1, -0.05) is 133 Å². The smallest absolute Gasteiger partial charge is 0.164 e. The van der Waals surface area contributed by atoms with Gasteiger partial charge >= 0.3 is 0 Å². The SMILES string of the molecule is c1ccc(-c2nc(-c3ccccc3)nc(-c3ccc4c(c3)sc3cc(-c5ccc6sc7cc(-n8c9ccccc9c9ccccc98)ccc7c6c5)ccc34)n2)cc1. The molecule has 6 heteroatoms. The van der Waals surface area contributed by atoms with Crippen molar-refractivity contribution in [2.45, 2.75) is 0 Å². The second-order valence-electron chi connectivity index (χ2n) is 14.4. The lowest BCUT2D eigenvalue weighted by Crippen LogP contribution is -1.99. The molecule has 57 heavy (non-hydrogen) atoms. The van der Waals surface area contributed by atoms with Gasteiger partial charge in [-0.3, -0.25) is 0 Å². The molecular weight excluding hydrogens is 733 g/mol. The molecule has 0 spiro atoms. The largest absolute Gasteiger partial charge is 0.309 e. The van der Waals surface area contributed by atoms with Crippen LogP contribution in [0.25, 0.3) is 113 Å². The van der Waals surface area contributed by atoms with Gasteiger partial charge in [-0.2, -0.15) is 0 Å². The van der Waals surface area contributed by atoms with E-state index in [2.05, 4.69) is 126 Å². The maximum Gasteiger partial charge on any atom is 0.164 e. The molecule has 12 aromatic rings. The van der Waals surface area contributed by atoms with Crippen molar-refractivity contribution in [1.29, 1.82) is 0 Å². The fraction of sp³-hybridized carbons (Fsp3) is 0. The van der Waals surface area contributed by atoms with Gasteiger partial charge < -0.3 is 4.57 Å². The van der Waals surface area contributed by atoms with E-state index < -0.39 is 0 Å². The van der Waals surface area contributed by atoms with Crippen molar-refractivity contribution in [2.24, 2.45) is 0 Å². The number of hydrogen-bond donors (Lipinski definition) is 0. The molecule has 0 unspecified atom stereocenters. The molecule has 12 rings (SSSR count). The molecule has 8 aromatic carbocycles. The number of hydrogen-bond acceptors (Lipinski definition) is 5. The van der Waals surface area contributed by atoms with Crippen LogP contribution < -0.4 is 0 Å². The first-order valence-corrected chi connectivity index (χ1v) is 20.6. The topological polar surface area (TPSA) is 43.6 Å². The van der Waals surface area contributed by atoms with Gasteiger partial charge in [-0.25, -0.2) is 15.0 Å². The maximum atomic E-state index is 4.98. The van der Waals surface area contributed by atoms with E-state index in [1.807, 2.05) is 83.3 Å². The molecule has 0 aliphatic carbocycles. The molecule has 4 aromatic heterocycles. The molecule has 4 heterocycles. The Labute approximate surface area is 335 Å². The van der Waals surface area contributed by atoms with Crippen molar-refractivity contribution < 1.29 is 0 Å². The van der Waals surface area contributed by atoms with Crippen LogP contribution in [0.1, 0.15) is 0 Å². The Morgan fingerprint density at radius 1 is 0.298 bits per heavy atom. The van der Waals surface area contributed by atoms with Gasteiger partial charge in [0.25, 0.3) is 0 Å². The van der Waals surface area contributed by atoms with E-state index in [4.69, 9.17) is 15.0 Å². The van der Waals surface area contributed by atoms with Gasteiger partial charge in [0.1, 0.15) is 0 Å². The number of nitrogens with zero attached hydrogens (tertiary/aromatic N) is 4. The van der Waals surface area contributed by atoms with Crippen molar-refractivity contribution in [1.82, 2.24) is 19.5 Å². The summed E-state index contributed by atoms with van der Waals surface area (Å²) in [6.45, 7) is 0. The number of fused-ring (bicyclic) bond motifs is 9. The first-order valence-electron chi connectivity index (χ1n) is 19.0. The van der Waals surface area contributed by atoms with Gasteiger partial charge in [-0.05, 0) is 59.7 Å². The zero-order chi connectivity index (χ0) is 37.5. The minimum Gasteiger partial charge on any atom is -0.309 e. The van der Waals surface area contributed by atoms with Gasteiger partial charge in [0, 0.05) is 73.5 Å². The Balaban J connectivity index is 0.921. The van der Waals surface area contributed by atoms with Crippen molar-refractivity contribution in [3.05, 3.63) is 182 Å². The highest BCUT2D eigenvalue weighted by atomic mass is 32.1. The lowest BCUT2D eigenvalue weighted by Gasteiger charge is -2.08. The van der Waals surface area contributed by atoms with Gasteiger partial charge in [0.2, 0.25) is 0 Å². The van der Waals surface area contributed by atoms with E-state index in [0.29, 0.717) is 17.5 Å². The van der Waals surface area contributed by atoms with Gasteiger partial charge in [0.05, 0.1) is 11.0 Å². The minimum atomic E-state index is 0.666. The molecule has 0 aliphatic heterocycles. The molecule has 0 saturated carbocycles. The van der Waals surface area contributed by atoms with Crippen LogP contribution in [0.15, 0.2) is 182 Å². The van der Waals surface area contributed by atoms with Gasteiger partial charge in [-0.15, -0.1) is 22.7 Å². The summed E-state index contributed by atoms with van der Waals surface area (Å²) < 4.78 is 7.46. The third-order valence-corrected chi connectivity index (χ3v) is 13.3. The highest BCUT2D eigenvalue weighted by molar-refractivity contribution is 7.26. The van der Waals surface area contributed by atoms with Crippen LogP contribution in [-0.2, 0) is 0 Å². The highest BCUT2D eigenvalue weighted by Gasteiger charge is 2.16. The molecular formula is C51H30N4S2. The molecule has 0 atom stereocenters.